The summed E-state index contributed by atoms with van der Waals surface area (Å²) in [6, 6.07) is 4.07. The van der Waals surface area contributed by atoms with Gasteiger partial charge in [-0.15, -0.1) is 0 Å². The van der Waals surface area contributed by atoms with Crippen molar-refractivity contribution in [1.29, 1.82) is 0 Å². The quantitative estimate of drug-likeness (QED) is 0.686. The Labute approximate surface area is 73.6 Å². The molecule has 0 bridgehead atoms. The van der Waals surface area contributed by atoms with E-state index in [9.17, 15) is 0 Å². The number of methoxy groups -OCH3 is 1. The SMILES string of the molecule is COCc1ccnc(C(C)C)c1. The molecule has 0 aliphatic heterocycles. The third kappa shape index (κ3) is 2.31. The summed E-state index contributed by atoms with van der Waals surface area (Å²) in [7, 11) is 1.70. The van der Waals surface area contributed by atoms with Crippen LogP contribution in [-0.4, -0.2) is 12.1 Å². The fourth-order valence-electron chi connectivity index (χ4n) is 1.07. The van der Waals surface area contributed by atoms with Crippen molar-refractivity contribution in [3.63, 3.8) is 0 Å². The number of aromatic nitrogens is 1. The van der Waals surface area contributed by atoms with Gasteiger partial charge in [-0.1, -0.05) is 13.8 Å². The highest BCUT2D eigenvalue weighted by Crippen LogP contribution is 2.12. The Balaban J connectivity index is 2.81. The zero-order valence-electron chi connectivity index (χ0n) is 7.87. The van der Waals surface area contributed by atoms with E-state index in [1.165, 1.54) is 5.56 Å². The van der Waals surface area contributed by atoms with Crippen LogP contribution in [0, 0.1) is 0 Å². The van der Waals surface area contributed by atoms with E-state index in [4.69, 9.17) is 4.74 Å². The minimum absolute atomic E-state index is 0.488. The van der Waals surface area contributed by atoms with Gasteiger partial charge in [0.2, 0.25) is 0 Å². The Kier molecular flexibility index (Phi) is 3.23. The number of nitrogens with zero attached hydrogens (tertiary/aromatic N) is 1. The van der Waals surface area contributed by atoms with Gasteiger partial charge in [-0.2, -0.15) is 0 Å². The molecule has 0 unspecified atom stereocenters. The molecule has 0 aromatic carbocycles. The third-order valence-corrected chi connectivity index (χ3v) is 1.75. The lowest BCUT2D eigenvalue weighted by molar-refractivity contribution is 0.184. The normalized spacial score (nSPS) is 10.7. The van der Waals surface area contributed by atoms with Crippen LogP contribution in [0.4, 0.5) is 0 Å². The Morgan fingerprint density at radius 3 is 2.83 bits per heavy atom. The van der Waals surface area contributed by atoms with Gasteiger partial charge in [0.05, 0.1) is 6.61 Å². The van der Waals surface area contributed by atoms with Gasteiger partial charge in [-0.25, -0.2) is 0 Å². The van der Waals surface area contributed by atoms with Crippen molar-refractivity contribution >= 4 is 0 Å². The van der Waals surface area contributed by atoms with Crippen LogP contribution in [0.15, 0.2) is 18.3 Å². The van der Waals surface area contributed by atoms with Crippen molar-refractivity contribution in [2.45, 2.75) is 26.4 Å². The third-order valence-electron chi connectivity index (χ3n) is 1.75. The number of hydrogen-bond donors (Lipinski definition) is 0. The first-order chi connectivity index (χ1) is 5.74. The van der Waals surface area contributed by atoms with Crippen molar-refractivity contribution in [2.75, 3.05) is 7.11 Å². The van der Waals surface area contributed by atoms with Gasteiger partial charge >= 0.3 is 0 Å². The lowest BCUT2D eigenvalue weighted by Gasteiger charge is -2.05. The van der Waals surface area contributed by atoms with Crippen molar-refractivity contribution < 1.29 is 4.74 Å². The van der Waals surface area contributed by atoms with Crippen LogP contribution in [0.5, 0.6) is 0 Å². The predicted octanol–water partition coefficient (Wildman–Crippen LogP) is 2.35. The number of rotatable bonds is 3. The molecule has 0 radical (unpaired) electrons. The van der Waals surface area contributed by atoms with Gasteiger partial charge in [-0.05, 0) is 23.6 Å². The molecule has 1 aromatic heterocycles. The second kappa shape index (κ2) is 4.21. The summed E-state index contributed by atoms with van der Waals surface area (Å²) < 4.78 is 5.03. The summed E-state index contributed by atoms with van der Waals surface area (Å²) in [5.41, 5.74) is 2.32. The molecule has 1 rings (SSSR count). The molecule has 66 valence electrons. The van der Waals surface area contributed by atoms with E-state index in [0.29, 0.717) is 12.5 Å². The summed E-state index contributed by atoms with van der Waals surface area (Å²) in [6.07, 6.45) is 1.84. The second-order valence-electron chi connectivity index (χ2n) is 3.18. The minimum Gasteiger partial charge on any atom is -0.380 e. The molecule has 0 atom stereocenters. The standard InChI is InChI=1S/C10H15NO/c1-8(2)10-6-9(7-12-3)4-5-11-10/h4-6,8H,7H2,1-3H3. The van der Waals surface area contributed by atoms with Crippen LogP contribution in [0.1, 0.15) is 31.0 Å². The molecule has 0 N–H and O–H groups in total. The lowest BCUT2D eigenvalue weighted by Crippen LogP contribution is -1.95. The molecule has 0 saturated carbocycles. The van der Waals surface area contributed by atoms with Gasteiger partial charge in [0.25, 0.3) is 0 Å². The van der Waals surface area contributed by atoms with Gasteiger partial charge in [-0.3, -0.25) is 4.98 Å². The molecular weight excluding hydrogens is 150 g/mol. The second-order valence-corrected chi connectivity index (χ2v) is 3.18. The summed E-state index contributed by atoms with van der Waals surface area (Å²) in [5.74, 6) is 0.488. The van der Waals surface area contributed by atoms with E-state index < -0.39 is 0 Å². The summed E-state index contributed by atoms with van der Waals surface area (Å²) >= 11 is 0. The fraction of sp³-hybridized carbons (Fsp3) is 0.500. The molecule has 0 amide bonds. The van der Waals surface area contributed by atoms with Crippen molar-refractivity contribution in [1.82, 2.24) is 4.98 Å². The Hall–Kier alpha value is -0.890. The monoisotopic (exact) mass is 165 g/mol. The number of pyridine rings is 1. The van der Waals surface area contributed by atoms with Crippen LogP contribution in [0.2, 0.25) is 0 Å². The van der Waals surface area contributed by atoms with Gasteiger partial charge in [0.15, 0.2) is 0 Å². The molecule has 1 heterocycles. The molecule has 2 nitrogen and oxygen atoms in total. The molecule has 2 heteroatoms. The first-order valence-electron chi connectivity index (χ1n) is 4.18. The molecule has 0 spiro atoms. The van der Waals surface area contributed by atoms with Crippen molar-refractivity contribution in [3.05, 3.63) is 29.6 Å². The smallest absolute Gasteiger partial charge is 0.0714 e. The highest BCUT2D eigenvalue weighted by molar-refractivity contribution is 5.17. The maximum absolute atomic E-state index is 5.03. The number of hydrogen-bond acceptors (Lipinski definition) is 2. The van der Waals surface area contributed by atoms with E-state index >= 15 is 0 Å². The topological polar surface area (TPSA) is 22.1 Å². The lowest BCUT2D eigenvalue weighted by atomic mass is 10.1. The summed E-state index contributed by atoms with van der Waals surface area (Å²) in [4.78, 5) is 4.27. The van der Waals surface area contributed by atoms with Gasteiger partial charge in [0.1, 0.15) is 0 Å². The van der Waals surface area contributed by atoms with Crippen LogP contribution in [0.3, 0.4) is 0 Å². The first kappa shape index (κ1) is 9.20. The Morgan fingerprint density at radius 2 is 2.25 bits per heavy atom. The Bertz CT molecular complexity index is 245. The van der Waals surface area contributed by atoms with E-state index in [0.717, 1.165) is 5.69 Å². The van der Waals surface area contributed by atoms with Crippen LogP contribution >= 0.6 is 0 Å². The Morgan fingerprint density at radius 1 is 1.50 bits per heavy atom. The average molecular weight is 165 g/mol. The van der Waals surface area contributed by atoms with E-state index in [1.807, 2.05) is 12.3 Å². The fourth-order valence-corrected chi connectivity index (χ4v) is 1.07. The molecule has 12 heavy (non-hydrogen) atoms. The van der Waals surface area contributed by atoms with Crippen molar-refractivity contribution in [2.24, 2.45) is 0 Å². The maximum atomic E-state index is 5.03. The van der Waals surface area contributed by atoms with Gasteiger partial charge in [0, 0.05) is 19.0 Å². The maximum Gasteiger partial charge on any atom is 0.0714 e. The van der Waals surface area contributed by atoms with E-state index in [-0.39, 0.29) is 0 Å². The summed E-state index contributed by atoms with van der Waals surface area (Å²) in [6.45, 7) is 4.94. The minimum atomic E-state index is 0.488. The van der Waals surface area contributed by atoms with Crippen molar-refractivity contribution in [3.8, 4) is 0 Å². The van der Waals surface area contributed by atoms with E-state index in [1.54, 1.807) is 7.11 Å². The molecule has 0 saturated heterocycles. The van der Waals surface area contributed by atoms with Crippen LogP contribution in [0.25, 0.3) is 0 Å². The van der Waals surface area contributed by atoms with Crippen LogP contribution < -0.4 is 0 Å². The molecular formula is C10H15NO. The number of ether oxygens (including phenoxy) is 1. The summed E-state index contributed by atoms with van der Waals surface area (Å²) in [5, 5.41) is 0. The van der Waals surface area contributed by atoms with E-state index in [2.05, 4.69) is 24.9 Å². The zero-order chi connectivity index (χ0) is 8.97. The first-order valence-corrected chi connectivity index (χ1v) is 4.18. The highest BCUT2D eigenvalue weighted by atomic mass is 16.5. The predicted molar refractivity (Wildman–Crippen MR) is 49.0 cm³/mol. The largest absolute Gasteiger partial charge is 0.380 e. The zero-order valence-corrected chi connectivity index (χ0v) is 7.87. The molecule has 0 aliphatic carbocycles. The molecule has 0 fully saturated rings. The average Bonchev–Trinajstić information content (AvgIpc) is 2.05. The van der Waals surface area contributed by atoms with Gasteiger partial charge < -0.3 is 4.74 Å². The molecule has 1 aromatic rings. The highest BCUT2D eigenvalue weighted by Gasteiger charge is 2.00. The van der Waals surface area contributed by atoms with Crippen LogP contribution in [-0.2, 0) is 11.3 Å². The molecule has 0 aliphatic rings.